The first-order chi connectivity index (χ1) is 12.1. The molecule has 2 aromatic carbocycles. The van der Waals surface area contributed by atoms with Crippen LogP contribution < -0.4 is 10.6 Å². The van der Waals surface area contributed by atoms with Crippen LogP contribution in [-0.2, 0) is 6.42 Å². The fraction of sp³-hybridized carbons (Fsp3) is 0.111. The largest absolute Gasteiger partial charge is 0.370 e. The summed E-state index contributed by atoms with van der Waals surface area (Å²) in [6, 6.07) is 13.6. The highest BCUT2D eigenvalue weighted by molar-refractivity contribution is 6.35. The van der Waals surface area contributed by atoms with E-state index in [0.29, 0.717) is 46.0 Å². The van der Waals surface area contributed by atoms with Crippen LogP contribution in [0, 0.1) is 5.82 Å². The summed E-state index contributed by atoms with van der Waals surface area (Å²) in [5, 5.41) is 7.26. The molecule has 0 saturated heterocycles. The predicted octanol–water partition coefficient (Wildman–Crippen LogP) is 5.32. The normalized spacial score (nSPS) is 10.5. The quantitative estimate of drug-likeness (QED) is 0.610. The van der Waals surface area contributed by atoms with Crippen molar-refractivity contribution in [3.05, 3.63) is 76.2 Å². The minimum Gasteiger partial charge on any atom is -0.370 e. The molecule has 2 N–H and O–H groups in total. The van der Waals surface area contributed by atoms with Crippen molar-refractivity contribution in [2.45, 2.75) is 6.42 Å². The molecule has 3 rings (SSSR count). The van der Waals surface area contributed by atoms with E-state index in [1.165, 1.54) is 6.07 Å². The van der Waals surface area contributed by atoms with Crippen LogP contribution in [-0.4, -0.2) is 16.5 Å². The number of anilines is 3. The highest BCUT2D eigenvalue weighted by Crippen LogP contribution is 2.24. The first-order valence-corrected chi connectivity index (χ1v) is 8.39. The topological polar surface area (TPSA) is 49.8 Å². The van der Waals surface area contributed by atoms with Crippen molar-refractivity contribution in [3.8, 4) is 0 Å². The third kappa shape index (κ3) is 5.05. The van der Waals surface area contributed by atoms with Crippen LogP contribution in [0.3, 0.4) is 0 Å². The third-order valence-corrected chi connectivity index (χ3v) is 3.87. The maximum absolute atomic E-state index is 13.6. The summed E-state index contributed by atoms with van der Waals surface area (Å²) in [6.07, 6.45) is 2.19. The number of nitrogens with one attached hydrogen (secondary N) is 2. The van der Waals surface area contributed by atoms with Gasteiger partial charge in [0.2, 0.25) is 5.95 Å². The van der Waals surface area contributed by atoms with E-state index in [0.717, 1.165) is 0 Å². The second-order valence-corrected chi connectivity index (χ2v) is 6.19. The minimum absolute atomic E-state index is 0.202. The molecule has 0 spiro atoms. The van der Waals surface area contributed by atoms with Crippen molar-refractivity contribution in [1.29, 1.82) is 0 Å². The van der Waals surface area contributed by atoms with Gasteiger partial charge >= 0.3 is 0 Å². The summed E-state index contributed by atoms with van der Waals surface area (Å²) in [4.78, 5) is 8.53. The number of aromatic nitrogens is 2. The smallest absolute Gasteiger partial charge is 0.229 e. The van der Waals surface area contributed by atoms with Gasteiger partial charge in [-0.25, -0.2) is 9.37 Å². The molecule has 1 aromatic heterocycles. The van der Waals surface area contributed by atoms with E-state index in [-0.39, 0.29) is 5.82 Å². The average Bonchev–Trinajstić information content (AvgIpc) is 2.56. The Morgan fingerprint density at radius 3 is 2.52 bits per heavy atom. The molecule has 25 heavy (non-hydrogen) atoms. The SMILES string of the molecule is Fc1ccccc1CCNc1ccnc(Nc2cc(Cl)cc(Cl)c2)n1. The lowest BCUT2D eigenvalue weighted by Gasteiger charge is -2.09. The molecule has 0 aliphatic carbocycles. The zero-order chi connectivity index (χ0) is 17.6. The van der Waals surface area contributed by atoms with Crippen LogP contribution in [0.15, 0.2) is 54.7 Å². The second-order valence-electron chi connectivity index (χ2n) is 5.32. The van der Waals surface area contributed by atoms with Gasteiger partial charge in [0, 0.05) is 28.5 Å². The third-order valence-electron chi connectivity index (χ3n) is 3.43. The molecular weight excluding hydrogens is 362 g/mol. The van der Waals surface area contributed by atoms with Crippen LogP contribution in [0.1, 0.15) is 5.56 Å². The molecule has 4 nitrogen and oxygen atoms in total. The van der Waals surface area contributed by atoms with E-state index in [2.05, 4.69) is 20.6 Å². The van der Waals surface area contributed by atoms with Crippen molar-refractivity contribution in [1.82, 2.24) is 9.97 Å². The van der Waals surface area contributed by atoms with Crippen molar-refractivity contribution >= 4 is 40.7 Å². The molecule has 7 heteroatoms. The summed E-state index contributed by atoms with van der Waals surface area (Å²) in [6.45, 7) is 0.556. The Kier molecular flexibility index (Phi) is 5.68. The van der Waals surface area contributed by atoms with E-state index in [1.807, 2.05) is 6.07 Å². The second kappa shape index (κ2) is 8.14. The molecule has 128 valence electrons. The Morgan fingerprint density at radius 2 is 1.76 bits per heavy atom. The molecule has 0 atom stereocenters. The summed E-state index contributed by atoms with van der Waals surface area (Å²) in [5.74, 6) is 0.850. The van der Waals surface area contributed by atoms with E-state index in [4.69, 9.17) is 23.2 Å². The maximum Gasteiger partial charge on any atom is 0.229 e. The Labute approximate surface area is 155 Å². The van der Waals surface area contributed by atoms with Gasteiger partial charge in [-0.05, 0) is 42.3 Å². The van der Waals surface area contributed by atoms with Crippen molar-refractivity contribution in [2.24, 2.45) is 0 Å². The number of rotatable bonds is 6. The highest BCUT2D eigenvalue weighted by atomic mass is 35.5. The zero-order valence-corrected chi connectivity index (χ0v) is 14.7. The Balaban J connectivity index is 1.62. The van der Waals surface area contributed by atoms with Gasteiger partial charge in [0.1, 0.15) is 11.6 Å². The molecular formula is C18H15Cl2FN4. The van der Waals surface area contributed by atoms with Gasteiger partial charge < -0.3 is 10.6 Å². The Hall–Kier alpha value is -2.37. The van der Waals surface area contributed by atoms with E-state index in [9.17, 15) is 4.39 Å². The van der Waals surface area contributed by atoms with Gasteiger partial charge in [0.05, 0.1) is 0 Å². The maximum atomic E-state index is 13.6. The summed E-state index contributed by atoms with van der Waals surface area (Å²) in [7, 11) is 0. The Morgan fingerprint density at radius 1 is 1.00 bits per heavy atom. The van der Waals surface area contributed by atoms with E-state index >= 15 is 0 Å². The number of hydrogen-bond donors (Lipinski definition) is 2. The number of hydrogen-bond acceptors (Lipinski definition) is 4. The summed E-state index contributed by atoms with van der Waals surface area (Å²) >= 11 is 12.0. The molecule has 0 aliphatic rings. The van der Waals surface area contributed by atoms with Gasteiger partial charge in [-0.15, -0.1) is 0 Å². The average molecular weight is 377 g/mol. The fourth-order valence-corrected chi connectivity index (χ4v) is 2.82. The standard InChI is InChI=1S/C18H15Cl2FN4/c19-13-9-14(20)11-15(10-13)24-18-23-8-6-17(25-18)22-7-5-12-3-1-2-4-16(12)21/h1-4,6,8-11H,5,7H2,(H2,22,23,24,25). The zero-order valence-electron chi connectivity index (χ0n) is 13.1. The van der Waals surface area contributed by atoms with Crippen LogP contribution in [0.4, 0.5) is 21.8 Å². The van der Waals surface area contributed by atoms with Crippen molar-refractivity contribution < 1.29 is 4.39 Å². The van der Waals surface area contributed by atoms with Gasteiger partial charge in [-0.1, -0.05) is 41.4 Å². The fourth-order valence-electron chi connectivity index (χ4n) is 2.30. The molecule has 0 bridgehead atoms. The molecule has 0 fully saturated rings. The highest BCUT2D eigenvalue weighted by Gasteiger charge is 2.04. The van der Waals surface area contributed by atoms with Crippen molar-refractivity contribution in [2.75, 3.05) is 17.2 Å². The first kappa shape index (κ1) is 17.5. The molecule has 3 aromatic rings. The van der Waals surface area contributed by atoms with Crippen LogP contribution >= 0.6 is 23.2 Å². The molecule has 0 aliphatic heterocycles. The van der Waals surface area contributed by atoms with Crippen molar-refractivity contribution in [3.63, 3.8) is 0 Å². The molecule has 0 unspecified atom stereocenters. The molecule has 1 heterocycles. The minimum atomic E-state index is -0.202. The predicted molar refractivity (Wildman–Crippen MR) is 100 cm³/mol. The van der Waals surface area contributed by atoms with Crippen LogP contribution in [0.5, 0.6) is 0 Å². The molecule has 0 amide bonds. The van der Waals surface area contributed by atoms with E-state index < -0.39 is 0 Å². The van der Waals surface area contributed by atoms with Gasteiger partial charge in [0.15, 0.2) is 0 Å². The van der Waals surface area contributed by atoms with Crippen LogP contribution in [0.2, 0.25) is 10.0 Å². The monoisotopic (exact) mass is 376 g/mol. The van der Waals surface area contributed by atoms with Gasteiger partial charge in [0.25, 0.3) is 0 Å². The lowest BCUT2D eigenvalue weighted by molar-refractivity contribution is 0.610. The first-order valence-electron chi connectivity index (χ1n) is 7.63. The lowest BCUT2D eigenvalue weighted by atomic mass is 10.1. The van der Waals surface area contributed by atoms with E-state index in [1.54, 1.807) is 42.6 Å². The molecule has 0 radical (unpaired) electrons. The summed E-state index contributed by atoms with van der Waals surface area (Å²) in [5.41, 5.74) is 1.36. The number of benzene rings is 2. The summed E-state index contributed by atoms with van der Waals surface area (Å²) < 4.78 is 13.6. The number of halogens is 3. The van der Waals surface area contributed by atoms with Crippen LogP contribution in [0.25, 0.3) is 0 Å². The molecule has 0 saturated carbocycles. The van der Waals surface area contributed by atoms with Gasteiger partial charge in [-0.3, -0.25) is 0 Å². The van der Waals surface area contributed by atoms with Gasteiger partial charge in [-0.2, -0.15) is 4.98 Å². The Bertz CT molecular complexity index is 853. The lowest BCUT2D eigenvalue weighted by Crippen LogP contribution is -2.08. The number of nitrogens with zero attached hydrogens (tertiary/aromatic N) is 2.